The first kappa shape index (κ1) is 17.8. The number of imidazole rings is 1. The summed E-state index contributed by atoms with van der Waals surface area (Å²) >= 11 is 0. The number of ether oxygens (including phenoxy) is 1. The Kier molecular flexibility index (Phi) is 5.46. The van der Waals surface area contributed by atoms with Crippen molar-refractivity contribution in [2.45, 2.75) is 33.2 Å². The van der Waals surface area contributed by atoms with Crippen LogP contribution in [0.2, 0.25) is 0 Å². The molecule has 136 valence electrons. The van der Waals surface area contributed by atoms with Crippen LogP contribution in [0.4, 0.5) is 5.82 Å². The van der Waals surface area contributed by atoms with Gasteiger partial charge >= 0.3 is 5.97 Å². The standard InChI is InChI=1S/C19H22N4O3/c1-3-13-7-14(9-15(8-13)19(25)26-4-2)5-6-23-12-22-17-16(24)10-20-11-21-18(17)23/h7-9,11-12H,3-6,10H2,1-2H3,(H,20,21). The fraction of sp³-hybridized carbons (Fsp3) is 0.368. The second-order valence-electron chi connectivity index (χ2n) is 6.03. The van der Waals surface area contributed by atoms with E-state index in [0.29, 0.717) is 36.6 Å². The van der Waals surface area contributed by atoms with Crippen molar-refractivity contribution < 1.29 is 14.3 Å². The summed E-state index contributed by atoms with van der Waals surface area (Å²) in [6, 6.07) is 5.84. The Hall–Kier alpha value is -2.96. The Morgan fingerprint density at radius 3 is 2.85 bits per heavy atom. The average molecular weight is 354 g/mol. The number of esters is 1. The molecular formula is C19H22N4O3. The number of benzene rings is 1. The first-order valence-electron chi connectivity index (χ1n) is 8.75. The molecule has 1 aromatic heterocycles. The monoisotopic (exact) mass is 354 g/mol. The van der Waals surface area contributed by atoms with Gasteiger partial charge in [0.2, 0.25) is 5.78 Å². The van der Waals surface area contributed by atoms with Gasteiger partial charge in [0.05, 0.1) is 24.8 Å². The third-order valence-electron chi connectivity index (χ3n) is 4.24. The lowest BCUT2D eigenvalue weighted by atomic mass is 10.0. The summed E-state index contributed by atoms with van der Waals surface area (Å²) in [7, 11) is 0. The van der Waals surface area contributed by atoms with Crippen molar-refractivity contribution in [2.75, 3.05) is 18.5 Å². The lowest BCUT2D eigenvalue weighted by molar-refractivity contribution is 0.0526. The highest BCUT2D eigenvalue weighted by Crippen LogP contribution is 2.19. The fourth-order valence-electron chi connectivity index (χ4n) is 2.91. The van der Waals surface area contributed by atoms with E-state index in [0.717, 1.165) is 17.5 Å². The van der Waals surface area contributed by atoms with Gasteiger partial charge in [-0.05, 0) is 43.0 Å². The number of hydrogen-bond acceptors (Lipinski definition) is 6. The molecule has 1 aliphatic rings. The minimum Gasteiger partial charge on any atom is -0.462 e. The van der Waals surface area contributed by atoms with Gasteiger partial charge in [-0.2, -0.15) is 0 Å². The summed E-state index contributed by atoms with van der Waals surface area (Å²) in [5.41, 5.74) is 3.13. The molecule has 0 bridgehead atoms. The van der Waals surface area contributed by atoms with Crippen LogP contribution in [-0.4, -0.2) is 40.8 Å². The second-order valence-corrected chi connectivity index (χ2v) is 6.03. The number of hydrogen-bond donors (Lipinski definition) is 1. The van der Waals surface area contributed by atoms with E-state index in [2.05, 4.69) is 28.3 Å². The maximum absolute atomic E-state index is 12.1. The molecule has 3 rings (SSSR count). The predicted molar refractivity (Wildman–Crippen MR) is 99.0 cm³/mol. The molecule has 1 aromatic carbocycles. The Morgan fingerprint density at radius 1 is 1.27 bits per heavy atom. The molecule has 0 unspecified atom stereocenters. The summed E-state index contributed by atoms with van der Waals surface area (Å²) in [6.07, 6.45) is 4.73. The van der Waals surface area contributed by atoms with Crippen molar-refractivity contribution in [3.63, 3.8) is 0 Å². The number of aliphatic imine (C=N–C) groups is 1. The highest BCUT2D eigenvalue weighted by Gasteiger charge is 2.19. The van der Waals surface area contributed by atoms with E-state index in [9.17, 15) is 9.59 Å². The molecule has 0 fully saturated rings. The number of carbonyl (C=O) groups excluding carboxylic acids is 2. The number of aromatic nitrogens is 2. The van der Waals surface area contributed by atoms with Crippen LogP contribution in [0.5, 0.6) is 0 Å². The zero-order valence-electron chi connectivity index (χ0n) is 15.0. The number of ketones is 1. The van der Waals surface area contributed by atoms with Gasteiger partial charge in [0, 0.05) is 6.54 Å². The highest BCUT2D eigenvalue weighted by atomic mass is 16.5. The molecule has 7 heteroatoms. The second kappa shape index (κ2) is 7.95. The quantitative estimate of drug-likeness (QED) is 0.806. The van der Waals surface area contributed by atoms with Crippen LogP contribution < -0.4 is 5.32 Å². The number of anilines is 1. The van der Waals surface area contributed by atoms with E-state index >= 15 is 0 Å². The normalized spacial score (nSPS) is 13.1. The van der Waals surface area contributed by atoms with Gasteiger partial charge in [0.15, 0.2) is 5.69 Å². The first-order valence-corrected chi connectivity index (χ1v) is 8.75. The average Bonchev–Trinajstić information content (AvgIpc) is 2.97. The molecule has 1 aliphatic heterocycles. The van der Waals surface area contributed by atoms with E-state index in [4.69, 9.17) is 4.74 Å². The van der Waals surface area contributed by atoms with E-state index < -0.39 is 0 Å². The SMILES string of the molecule is CCOC(=O)c1cc(CC)cc(CCn2cnc3c2NC=NCC3=O)c1. The number of nitrogens with zero attached hydrogens (tertiary/aromatic N) is 3. The summed E-state index contributed by atoms with van der Waals surface area (Å²) in [4.78, 5) is 32.2. The summed E-state index contributed by atoms with van der Waals surface area (Å²) in [5.74, 6) is 0.259. The lowest BCUT2D eigenvalue weighted by Gasteiger charge is -2.11. The van der Waals surface area contributed by atoms with Crippen LogP contribution >= 0.6 is 0 Å². The maximum Gasteiger partial charge on any atom is 0.338 e. The predicted octanol–water partition coefficient (Wildman–Crippen LogP) is 2.50. The maximum atomic E-state index is 12.1. The van der Waals surface area contributed by atoms with Crippen LogP contribution in [-0.2, 0) is 24.1 Å². The zero-order chi connectivity index (χ0) is 18.5. The molecule has 26 heavy (non-hydrogen) atoms. The first-order chi connectivity index (χ1) is 12.6. The third-order valence-corrected chi connectivity index (χ3v) is 4.24. The summed E-state index contributed by atoms with van der Waals surface area (Å²) in [5, 5.41) is 3.02. The molecule has 0 amide bonds. The van der Waals surface area contributed by atoms with Crippen LogP contribution in [0.3, 0.4) is 0 Å². The van der Waals surface area contributed by atoms with Crippen LogP contribution in [0, 0.1) is 0 Å². The Bertz CT molecular complexity index is 854. The number of fused-ring (bicyclic) bond motifs is 1. The summed E-state index contributed by atoms with van der Waals surface area (Å²) in [6.45, 7) is 4.95. The van der Waals surface area contributed by atoms with Crippen molar-refractivity contribution in [3.8, 4) is 0 Å². The van der Waals surface area contributed by atoms with Gasteiger partial charge in [-0.15, -0.1) is 0 Å². The molecule has 0 saturated heterocycles. The van der Waals surface area contributed by atoms with Crippen molar-refractivity contribution in [1.82, 2.24) is 9.55 Å². The third kappa shape index (κ3) is 3.82. The molecule has 2 heterocycles. The van der Waals surface area contributed by atoms with Crippen molar-refractivity contribution in [2.24, 2.45) is 4.99 Å². The van der Waals surface area contributed by atoms with Crippen LogP contribution in [0.25, 0.3) is 0 Å². The van der Waals surface area contributed by atoms with Gasteiger partial charge in [-0.1, -0.05) is 13.0 Å². The van der Waals surface area contributed by atoms with E-state index in [1.165, 1.54) is 6.34 Å². The van der Waals surface area contributed by atoms with Gasteiger partial charge in [0.25, 0.3) is 0 Å². The van der Waals surface area contributed by atoms with E-state index in [-0.39, 0.29) is 18.3 Å². The molecule has 1 N–H and O–H groups in total. The topological polar surface area (TPSA) is 85.6 Å². The number of aryl methyl sites for hydroxylation is 3. The lowest BCUT2D eigenvalue weighted by Crippen LogP contribution is -2.09. The largest absolute Gasteiger partial charge is 0.462 e. The Morgan fingerprint density at radius 2 is 2.08 bits per heavy atom. The van der Waals surface area contributed by atoms with Gasteiger partial charge in [0.1, 0.15) is 12.4 Å². The smallest absolute Gasteiger partial charge is 0.338 e. The number of rotatable bonds is 6. The number of Topliss-reactive ketones (excluding diaryl/α,β-unsaturated/α-hetero) is 1. The minimum absolute atomic E-state index is 0.0995. The summed E-state index contributed by atoms with van der Waals surface area (Å²) < 4.78 is 7.01. The van der Waals surface area contributed by atoms with Gasteiger partial charge in [-0.3, -0.25) is 9.79 Å². The van der Waals surface area contributed by atoms with Crippen molar-refractivity contribution in [1.29, 1.82) is 0 Å². The van der Waals surface area contributed by atoms with Gasteiger partial charge in [-0.25, -0.2) is 9.78 Å². The molecule has 2 aromatic rings. The molecule has 0 atom stereocenters. The fourth-order valence-corrected chi connectivity index (χ4v) is 2.91. The molecule has 0 saturated carbocycles. The molecule has 7 nitrogen and oxygen atoms in total. The molecule has 0 radical (unpaired) electrons. The van der Waals surface area contributed by atoms with Crippen molar-refractivity contribution >= 4 is 23.9 Å². The van der Waals surface area contributed by atoms with Crippen LogP contribution in [0.1, 0.15) is 45.8 Å². The highest BCUT2D eigenvalue weighted by molar-refractivity contribution is 6.04. The number of carbonyl (C=O) groups is 2. The zero-order valence-corrected chi connectivity index (χ0v) is 15.0. The van der Waals surface area contributed by atoms with E-state index in [1.807, 2.05) is 16.7 Å². The molecule has 0 spiro atoms. The van der Waals surface area contributed by atoms with Crippen molar-refractivity contribution in [3.05, 3.63) is 46.9 Å². The molecular weight excluding hydrogens is 332 g/mol. The molecule has 0 aliphatic carbocycles. The minimum atomic E-state index is -0.302. The Balaban J connectivity index is 1.80. The van der Waals surface area contributed by atoms with Gasteiger partial charge < -0.3 is 14.6 Å². The van der Waals surface area contributed by atoms with E-state index in [1.54, 1.807) is 13.3 Å². The number of nitrogens with one attached hydrogen (secondary N) is 1. The Labute approximate surface area is 152 Å². The van der Waals surface area contributed by atoms with Crippen LogP contribution in [0.15, 0.2) is 29.5 Å².